The molecule has 0 aliphatic heterocycles. The first-order valence-corrected chi connectivity index (χ1v) is 17.7. The summed E-state index contributed by atoms with van der Waals surface area (Å²) in [5.41, 5.74) is -0.453. The maximum atomic E-state index is 14.7. The molecule has 53 heavy (non-hydrogen) atoms. The van der Waals surface area contributed by atoms with E-state index < -0.39 is 33.0 Å². The second-order valence-electron chi connectivity index (χ2n) is 12.4. The highest BCUT2D eigenvalue weighted by atomic mass is 19.3. The van der Waals surface area contributed by atoms with Gasteiger partial charge in [0.05, 0.1) is 25.2 Å². The van der Waals surface area contributed by atoms with Crippen LogP contribution < -0.4 is 18.4 Å². The van der Waals surface area contributed by atoms with Crippen molar-refractivity contribution in [3.05, 3.63) is 119 Å². The monoisotopic (exact) mass is 751 g/mol. The quantitative estimate of drug-likeness (QED) is 0.0390. The number of hydrogen-bond acceptors (Lipinski definition) is 3. The van der Waals surface area contributed by atoms with E-state index in [4.69, 9.17) is 14.0 Å². The molecule has 4 nitrogen and oxygen atoms in total. The molecule has 288 valence electrons. The fourth-order valence-corrected chi connectivity index (χ4v) is 5.76. The number of halogens is 8. The minimum absolute atomic E-state index is 0.0255. The molecular formula is C40H46BF8NO3. The van der Waals surface area contributed by atoms with Gasteiger partial charge in [0.25, 0.3) is 19.3 Å². The van der Waals surface area contributed by atoms with Gasteiger partial charge in [-0.3, -0.25) is 4.48 Å². The number of para-hydroxylation sites is 1. The highest BCUT2D eigenvalue weighted by Crippen LogP contribution is 2.43. The third-order valence-corrected chi connectivity index (χ3v) is 8.45. The Bertz CT molecular complexity index is 1560. The molecule has 0 fully saturated rings. The topological polar surface area (TPSA) is 27.7 Å². The maximum Gasteiger partial charge on any atom is 0.864 e. The summed E-state index contributed by atoms with van der Waals surface area (Å²) in [6.45, 7) is 7.96. The van der Waals surface area contributed by atoms with Crippen LogP contribution in [0.15, 0.2) is 91.0 Å². The van der Waals surface area contributed by atoms with E-state index >= 15 is 0 Å². The lowest BCUT2D eigenvalue weighted by Gasteiger charge is -2.40. The molecule has 13 heteroatoms. The zero-order valence-corrected chi connectivity index (χ0v) is 30.1. The summed E-state index contributed by atoms with van der Waals surface area (Å²) < 4.78 is 125. The first-order chi connectivity index (χ1) is 25.4. The number of benzene rings is 4. The van der Waals surface area contributed by atoms with Gasteiger partial charge in [-0.2, -0.15) is 30.3 Å². The van der Waals surface area contributed by atoms with Crippen LogP contribution in [0.25, 0.3) is 0 Å². The number of unbranched alkanes of at least 4 members (excludes halogenated alkanes) is 3. The van der Waals surface area contributed by atoms with Crippen LogP contribution in [0.2, 0.25) is 0 Å². The Kier molecular flexibility index (Phi) is 18.0. The van der Waals surface area contributed by atoms with Crippen molar-refractivity contribution in [1.29, 1.82) is 0 Å². The van der Waals surface area contributed by atoms with Gasteiger partial charge in [0, 0.05) is 11.1 Å². The molecule has 4 aromatic carbocycles. The normalized spacial score (nSPS) is 11.5. The van der Waals surface area contributed by atoms with Crippen LogP contribution >= 0.6 is 0 Å². The molecule has 0 aliphatic rings. The van der Waals surface area contributed by atoms with E-state index in [1.54, 1.807) is 18.2 Å². The summed E-state index contributed by atoms with van der Waals surface area (Å²) >= 11 is 0. The van der Waals surface area contributed by atoms with E-state index in [1.807, 2.05) is 20.8 Å². The molecule has 4 rings (SSSR count). The van der Waals surface area contributed by atoms with Crippen LogP contribution in [0.3, 0.4) is 0 Å². The van der Waals surface area contributed by atoms with Crippen LogP contribution in [-0.4, -0.2) is 27.0 Å². The molecule has 4 aromatic rings. The Balaban J connectivity index is 0.000000731. The van der Waals surface area contributed by atoms with Gasteiger partial charge in [-0.05, 0) is 55.7 Å². The fourth-order valence-electron chi connectivity index (χ4n) is 5.76. The van der Waals surface area contributed by atoms with Gasteiger partial charge in [0.15, 0.2) is 11.4 Å². The molecule has 0 heterocycles. The maximum absolute atomic E-state index is 14.7. The highest BCUT2D eigenvalue weighted by molar-refractivity contribution is 6.39. The van der Waals surface area contributed by atoms with E-state index in [-0.39, 0.29) is 44.0 Å². The lowest BCUT2D eigenvalue weighted by atomic mass is 10.0. The van der Waals surface area contributed by atoms with Crippen molar-refractivity contribution in [2.45, 2.75) is 85.0 Å². The van der Waals surface area contributed by atoms with Crippen molar-refractivity contribution in [1.82, 2.24) is 4.48 Å². The number of rotatable bonds is 20. The second-order valence-corrected chi connectivity index (χ2v) is 12.4. The molecule has 0 bridgehead atoms. The Morgan fingerprint density at radius 2 is 1.04 bits per heavy atom. The first kappa shape index (κ1) is 43.2. The Morgan fingerprint density at radius 3 is 1.43 bits per heavy atom. The van der Waals surface area contributed by atoms with Crippen molar-refractivity contribution >= 4 is 13.0 Å². The van der Waals surface area contributed by atoms with Crippen LogP contribution in [0.4, 0.5) is 40.8 Å². The Morgan fingerprint density at radius 1 is 0.566 bits per heavy atom. The van der Waals surface area contributed by atoms with Gasteiger partial charge in [-0.1, -0.05) is 75.9 Å². The number of quaternary nitrogens is 1. The van der Waals surface area contributed by atoms with Gasteiger partial charge in [-0.15, -0.1) is 0 Å². The van der Waals surface area contributed by atoms with E-state index in [0.717, 1.165) is 50.7 Å². The molecule has 0 saturated heterocycles. The summed E-state index contributed by atoms with van der Waals surface area (Å²) in [6, 6.07) is 23.0. The van der Waals surface area contributed by atoms with Crippen LogP contribution in [0.1, 0.15) is 107 Å². The van der Waals surface area contributed by atoms with Crippen molar-refractivity contribution in [3.8, 4) is 17.2 Å². The predicted molar refractivity (Wildman–Crippen MR) is 193 cm³/mol. The summed E-state index contributed by atoms with van der Waals surface area (Å²) in [4.78, 5) is 0. The lowest BCUT2D eigenvalue weighted by molar-refractivity contribution is 0.145. The smallest absolute Gasteiger partial charge is 0.490 e. The van der Waals surface area contributed by atoms with Gasteiger partial charge in [0.1, 0.15) is 11.5 Å². The lowest BCUT2D eigenvalue weighted by Crippen LogP contribution is -2.52. The molecule has 0 saturated carbocycles. The van der Waals surface area contributed by atoms with Crippen LogP contribution in [0, 0.1) is 6.07 Å². The number of nitrogens with zero attached hydrogens (tertiary/aromatic N) is 1. The zero-order chi connectivity index (χ0) is 38.8. The second kappa shape index (κ2) is 22.1. The third-order valence-electron chi connectivity index (χ3n) is 8.45. The third kappa shape index (κ3) is 13.3. The summed E-state index contributed by atoms with van der Waals surface area (Å²) in [7, 11) is -1.69. The summed E-state index contributed by atoms with van der Waals surface area (Å²) in [5.74, 6) is 0.0206. The molecular weight excluding hydrogens is 705 g/mol. The van der Waals surface area contributed by atoms with Gasteiger partial charge in [0.2, 0.25) is 6.43 Å². The predicted octanol–water partition coefficient (Wildman–Crippen LogP) is 13.2. The van der Waals surface area contributed by atoms with E-state index in [2.05, 4.69) is 6.07 Å². The largest absolute Gasteiger partial charge is 0.864 e. The van der Waals surface area contributed by atoms with E-state index in [1.165, 1.54) is 60.7 Å². The molecule has 0 amide bonds. The van der Waals surface area contributed by atoms with E-state index in [9.17, 15) is 35.1 Å². The molecule has 0 aromatic heterocycles. The molecule has 0 spiro atoms. The van der Waals surface area contributed by atoms with Gasteiger partial charge >= 0.3 is 7.32 Å². The average molecular weight is 752 g/mol. The molecule has 0 aliphatic carbocycles. The van der Waals surface area contributed by atoms with Crippen LogP contribution in [0.5, 0.6) is 17.2 Å². The Labute approximate surface area is 307 Å². The minimum Gasteiger partial charge on any atom is -0.490 e. The standard InChI is InChI=1S/C33H41BF6NO3.C7H5F2/c1-4-7-19-41(20-8-5-2,21-9-6-3)30-28(33(39)40)17-12-18-29(30)44-34(42-26-15-10-13-24(22-26)31(35)36)43-27-16-11-14-25(23-27)32(37)38;8-7(9)6-4-2-1-3-5-6/h10-18,22-23,31-33H,4-9,19-21H2,1-3H3;1-2,4-5,7H/q+1;-1. The van der Waals surface area contributed by atoms with E-state index in [0.29, 0.717) is 25.3 Å². The van der Waals surface area contributed by atoms with Crippen molar-refractivity contribution in [2.75, 3.05) is 19.6 Å². The van der Waals surface area contributed by atoms with Crippen molar-refractivity contribution < 1.29 is 49.1 Å². The fraction of sp³-hybridized carbons (Fsp3) is 0.400. The zero-order valence-electron chi connectivity index (χ0n) is 30.1. The summed E-state index contributed by atoms with van der Waals surface area (Å²) in [5, 5.41) is 0. The molecule has 0 atom stereocenters. The average Bonchev–Trinajstić information content (AvgIpc) is 3.15. The highest BCUT2D eigenvalue weighted by Gasteiger charge is 2.40. The minimum atomic E-state index is -2.80. The van der Waals surface area contributed by atoms with Gasteiger partial charge < -0.3 is 14.0 Å². The number of alkyl halides is 8. The SMILES string of the molecule is CCCC[N+](CCCC)(CCCC)c1c(OB(Oc2cccc(C(F)F)c2)Oc2cccc(C(F)F)c2)cccc1C(F)F.FC(F)c1c[c-]ccc1. The summed E-state index contributed by atoms with van der Waals surface area (Å²) in [6.07, 6.45) is -5.76. The first-order valence-electron chi connectivity index (χ1n) is 17.7. The van der Waals surface area contributed by atoms with Crippen LogP contribution in [-0.2, 0) is 0 Å². The molecule has 0 N–H and O–H groups in total. The molecule has 0 radical (unpaired) electrons. The van der Waals surface area contributed by atoms with Crippen molar-refractivity contribution in [3.63, 3.8) is 0 Å². The number of hydrogen-bond donors (Lipinski definition) is 0. The molecule has 0 unspecified atom stereocenters. The van der Waals surface area contributed by atoms with Gasteiger partial charge in [-0.25, -0.2) is 35.1 Å². The Hall–Kier alpha value is -4.26. The van der Waals surface area contributed by atoms with Crippen molar-refractivity contribution in [2.24, 2.45) is 0 Å².